The number of carbonyl (C=O) groups excluding carboxylic acids is 2. The van der Waals surface area contributed by atoms with Crippen LogP contribution in [0.25, 0.3) is 0 Å². The fourth-order valence-electron chi connectivity index (χ4n) is 3.56. The number of rotatable bonds is 2. The summed E-state index contributed by atoms with van der Waals surface area (Å²) in [6.45, 7) is 0.748. The Kier molecular flexibility index (Phi) is 3.96. The van der Waals surface area contributed by atoms with Crippen molar-refractivity contribution in [2.75, 3.05) is 16.8 Å². The molecule has 2 heterocycles. The number of benzene rings is 2. The molecule has 0 radical (unpaired) electrons. The highest BCUT2D eigenvalue weighted by atomic mass is 35.5. The molecule has 2 aromatic carbocycles. The lowest BCUT2D eigenvalue weighted by molar-refractivity contribution is -0.119. The standard InChI is InChI=1S/C19H16ClFN2O2/c20-15-10-14(4-5-16(15)21)22-19(25)13-8-11-2-1-7-23-17(24)6-3-12(9-13)18(11)23/h4-5,8-10H,1-3,6-7H2,(H,22,25). The molecule has 25 heavy (non-hydrogen) atoms. The van der Waals surface area contributed by atoms with Gasteiger partial charge in [-0.3, -0.25) is 9.59 Å². The third kappa shape index (κ3) is 2.89. The molecule has 1 N–H and O–H groups in total. The Morgan fingerprint density at radius 2 is 1.88 bits per heavy atom. The van der Waals surface area contributed by atoms with Crippen LogP contribution in [-0.2, 0) is 17.6 Å². The molecule has 6 heteroatoms. The van der Waals surface area contributed by atoms with Gasteiger partial charge >= 0.3 is 0 Å². The van der Waals surface area contributed by atoms with Crippen LogP contribution in [0.1, 0.15) is 34.3 Å². The second-order valence-electron chi connectivity index (χ2n) is 6.38. The van der Waals surface area contributed by atoms with Crippen molar-refractivity contribution < 1.29 is 14.0 Å². The average Bonchev–Trinajstić information content (AvgIpc) is 2.61. The van der Waals surface area contributed by atoms with Gasteiger partial charge in [0, 0.05) is 24.2 Å². The normalized spacial score (nSPS) is 15.8. The molecule has 0 saturated heterocycles. The zero-order chi connectivity index (χ0) is 17.6. The number of hydrogen-bond acceptors (Lipinski definition) is 2. The van der Waals surface area contributed by atoms with Crippen LogP contribution in [0, 0.1) is 5.82 Å². The van der Waals surface area contributed by atoms with Gasteiger partial charge in [0.05, 0.1) is 10.7 Å². The van der Waals surface area contributed by atoms with Crippen molar-refractivity contribution >= 4 is 34.8 Å². The van der Waals surface area contributed by atoms with Crippen molar-refractivity contribution in [3.63, 3.8) is 0 Å². The number of aryl methyl sites for hydroxylation is 2. The van der Waals surface area contributed by atoms with Gasteiger partial charge in [-0.05, 0) is 60.7 Å². The molecule has 0 spiro atoms. The van der Waals surface area contributed by atoms with E-state index >= 15 is 0 Å². The zero-order valence-corrected chi connectivity index (χ0v) is 14.2. The quantitative estimate of drug-likeness (QED) is 0.883. The first kappa shape index (κ1) is 16.1. The molecule has 0 aromatic heterocycles. The molecular weight excluding hydrogens is 343 g/mol. The number of hydrogen-bond donors (Lipinski definition) is 1. The molecule has 2 aliphatic heterocycles. The van der Waals surface area contributed by atoms with Gasteiger partial charge in [0.2, 0.25) is 5.91 Å². The Hall–Kier alpha value is -2.40. The lowest BCUT2D eigenvalue weighted by Crippen LogP contribution is -2.39. The van der Waals surface area contributed by atoms with Crippen LogP contribution in [0.3, 0.4) is 0 Å². The number of amides is 2. The van der Waals surface area contributed by atoms with E-state index in [0.717, 1.165) is 36.2 Å². The summed E-state index contributed by atoms with van der Waals surface area (Å²) in [5.41, 5.74) is 4.06. The van der Waals surface area contributed by atoms with Crippen LogP contribution in [0.5, 0.6) is 0 Å². The van der Waals surface area contributed by atoms with Crippen molar-refractivity contribution in [2.45, 2.75) is 25.7 Å². The first-order chi connectivity index (χ1) is 12.0. The van der Waals surface area contributed by atoms with E-state index in [4.69, 9.17) is 11.6 Å². The number of nitrogens with one attached hydrogen (secondary N) is 1. The fourth-order valence-corrected chi connectivity index (χ4v) is 3.74. The minimum Gasteiger partial charge on any atom is -0.322 e. The molecule has 128 valence electrons. The van der Waals surface area contributed by atoms with Crippen molar-refractivity contribution in [3.8, 4) is 0 Å². The minimum absolute atomic E-state index is 0.0347. The van der Waals surface area contributed by atoms with E-state index in [1.807, 2.05) is 17.0 Å². The summed E-state index contributed by atoms with van der Waals surface area (Å²) in [7, 11) is 0. The first-order valence-electron chi connectivity index (χ1n) is 8.25. The maximum absolute atomic E-state index is 13.2. The summed E-state index contributed by atoms with van der Waals surface area (Å²) >= 11 is 5.76. The predicted octanol–water partition coefficient (Wildman–Crippen LogP) is 3.96. The molecular formula is C19H16ClFN2O2. The van der Waals surface area contributed by atoms with Crippen molar-refractivity contribution in [2.24, 2.45) is 0 Å². The Morgan fingerprint density at radius 3 is 2.64 bits per heavy atom. The first-order valence-corrected chi connectivity index (χ1v) is 8.63. The Labute approximate surface area is 149 Å². The molecule has 2 amide bonds. The Bertz CT molecular complexity index is 880. The summed E-state index contributed by atoms with van der Waals surface area (Å²) in [5.74, 6) is -0.634. The number of halogens is 2. The van der Waals surface area contributed by atoms with E-state index in [1.54, 1.807) is 0 Å². The Balaban J connectivity index is 1.66. The zero-order valence-electron chi connectivity index (χ0n) is 13.4. The van der Waals surface area contributed by atoms with Gasteiger partial charge in [-0.15, -0.1) is 0 Å². The molecule has 0 unspecified atom stereocenters. The molecule has 0 fully saturated rings. The number of carbonyl (C=O) groups is 2. The molecule has 0 aliphatic carbocycles. The summed E-state index contributed by atoms with van der Waals surface area (Å²) in [6, 6.07) is 7.78. The number of nitrogens with zero attached hydrogens (tertiary/aromatic N) is 1. The predicted molar refractivity (Wildman–Crippen MR) is 94.8 cm³/mol. The van der Waals surface area contributed by atoms with E-state index < -0.39 is 5.82 Å². The SMILES string of the molecule is O=C(Nc1ccc(F)c(Cl)c1)c1cc2c3c(c1)CCC(=O)N3CCC2. The molecule has 0 atom stereocenters. The highest BCUT2D eigenvalue weighted by molar-refractivity contribution is 6.31. The van der Waals surface area contributed by atoms with Crippen molar-refractivity contribution in [3.05, 3.63) is 57.9 Å². The minimum atomic E-state index is -0.525. The van der Waals surface area contributed by atoms with Crippen LogP contribution >= 0.6 is 11.6 Å². The van der Waals surface area contributed by atoms with E-state index in [2.05, 4.69) is 5.32 Å². The van der Waals surface area contributed by atoms with Crippen LogP contribution < -0.4 is 10.2 Å². The lowest BCUT2D eigenvalue weighted by atomic mass is 9.89. The molecule has 4 rings (SSSR count). The third-order valence-electron chi connectivity index (χ3n) is 4.71. The van der Waals surface area contributed by atoms with Gasteiger partial charge in [-0.25, -0.2) is 4.39 Å². The van der Waals surface area contributed by atoms with E-state index in [0.29, 0.717) is 24.1 Å². The van der Waals surface area contributed by atoms with E-state index in [9.17, 15) is 14.0 Å². The monoisotopic (exact) mass is 358 g/mol. The van der Waals surface area contributed by atoms with Crippen LogP contribution in [0.4, 0.5) is 15.8 Å². The maximum atomic E-state index is 13.2. The van der Waals surface area contributed by atoms with E-state index in [-0.39, 0.29) is 16.8 Å². The third-order valence-corrected chi connectivity index (χ3v) is 5.00. The van der Waals surface area contributed by atoms with Crippen molar-refractivity contribution in [1.29, 1.82) is 0 Å². The van der Waals surface area contributed by atoms with E-state index in [1.165, 1.54) is 18.2 Å². The van der Waals surface area contributed by atoms with Crippen molar-refractivity contribution in [1.82, 2.24) is 0 Å². The largest absolute Gasteiger partial charge is 0.322 e. The van der Waals surface area contributed by atoms with Gasteiger partial charge in [0.25, 0.3) is 5.91 Å². The lowest BCUT2D eigenvalue weighted by Gasteiger charge is -2.35. The average molecular weight is 359 g/mol. The highest BCUT2D eigenvalue weighted by Gasteiger charge is 2.30. The summed E-state index contributed by atoms with van der Waals surface area (Å²) in [5, 5.41) is 2.72. The highest BCUT2D eigenvalue weighted by Crippen LogP contribution is 2.36. The summed E-state index contributed by atoms with van der Waals surface area (Å²) < 4.78 is 13.2. The van der Waals surface area contributed by atoms with Crippen LogP contribution in [0.15, 0.2) is 30.3 Å². The summed E-state index contributed by atoms with van der Waals surface area (Å²) in [4.78, 5) is 26.5. The molecule has 0 saturated carbocycles. The molecule has 2 aromatic rings. The molecule has 2 aliphatic rings. The van der Waals surface area contributed by atoms with Crippen LogP contribution in [-0.4, -0.2) is 18.4 Å². The maximum Gasteiger partial charge on any atom is 0.255 e. The Morgan fingerprint density at radius 1 is 1.12 bits per heavy atom. The van der Waals surface area contributed by atoms with Gasteiger partial charge in [-0.1, -0.05) is 11.6 Å². The molecule has 0 bridgehead atoms. The van der Waals surface area contributed by atoms with Gasteiger partial charge < -0.3 is 10.2 Å². The second-order valence-corrected chi connectivity index (χ2v) is 6.78. The molecule has 4 nitrogen and oxygen atoms in total. The number of anilines is 2. The second kappa shape index (κ2) is 6.15. The van der Waals surface area contributed by atoms with Gasteiger partial charge in [0.1, 0.15) is 5.82 Å². The fraction of sp³-hybridized carbons (Fsp3) is 0.263. The van der Waals surface area contributed by atoms with Gasteiger partial charge in [-0.2, -0.15) is 0 Å². The topological polar surface area (TPSA) is 49.4 Å². The smallest absolute Gasteiger partial charge is 0.255 e. The van der Waals surface area contributed by atoms with Crippen LogP contribution in [0.2, 0.25) is 5.02 Å². The van der Waals surface area contributed by atoms with Gasteiger partial charge in [0.15, 0.2) is 0 Å². The summed E-state index contributed by atoms with van der Waals surface area (Å²) in [6.07, 6.45) is 2.89.